The van der Waals surface area contributed by atoms with Gasteiger partial charge in [-0.3, -0.25) is 4.79 Å². The van der Waals surface area contributed by atoms with Crippen LogP contribution in [0.1, 0.15) is 38.4 Å². The fourth-order valence-electron chi connectivity index (χ4n) is 2.67. The maximum atomic E-state index is 12.5. The second-order valence-electron chi connectivity index (χ2n) is 6.81. The van der Waals surface area contributed by atoms with Gasteiger partial charge in [-0.05, 0) is 62.6 Å². The van der Waals surface area contributed by atoms with Gasteiger partial charge in [0.05, 0.1) is 0 Å². The molecular formula is C22H24N4O. The van der Waals surface area contributed by atoms with Crippen LogP contribution in [0.3, 0.4) is 0 Å². The third kappa shape index (κ3) is 4.91. The fourth-order valence-corrected chi connectivity index (χ4v) is 2.67. The molecule has 0 unspecified atom stereocenters. The largest absolute Gasteiger partial charge is 0.347 e. The summed E-state index contributed by atoms with van der Waals surface area (Å²) in [5.74, 6) is 0.197. The lowest BCUT2D eigenvalue weighted by Crippen LogP contribution is -2.24. The number of carbonyl (C=O) groups excluding carboxylic acids is 1. The Kier molecular flexibility index (Phi) is 5.50. The van der Waals surface area contributed by atoms with Crippen molar-refractivity contribution in [2.45, 2.75) is 34.2 Å². The van der Waals surface area contributed by atoms with E-state index in [0.29, 0.717) is 18.2 Å². The minimum Gasteiger partial charge on any atom is -0.347 e. The Balaban J connectivity index is 1.72. The molecule has 0 fully saturated rings. The molecular weight excluding hydrogens is 336 g/mol. The molecule has 138 valence electrons. The van der Waals surface area contributed by atoms with Crippen molar-refractivity contribution in [1.82, 2.24) is 15.3 Å². The van der Waals surface area contributed by atoms with Crippen molar-refractivity contribution in [3.05, 3.63) is 82.2 Å². The lowest BCUT2D eigenvalue weighted by Gasteiger charge is -2.10. The van der Waals surface area contributed by atoms with Crippen molar-refractivity contribution in [2.24, 2.45) is 0 Å². The zero-order valence-corrected chi connectivity index (χ0v) is 16.1. The molecule has 0 bridgehead atoms. The van der Waals surface area contributed by atoms with Crippen LogP contribution in [0, 0.1) is 27.7 Å². The first-order valence-corrected chi connectivity index (χ1v) is 8.94. The lowest BCUT2D eigenvalue weighted by molar-refractivity contribution is 0.0945. The van der Waals surface area contributed by atoms with Gasteiger partial charge >= 0.3 is 0 Å². The van der Waals surface area contributed by atoms with Crippen LogP contribution < -0.4 is 10.6 Å². The van der Waals surface area contributed by atoms with Gasteiger partial charge in [0.1, 0.15) is 5.69 Å². The quantitative estimate of drug-likeness (QED) is 0.708. The van der Waals surface area contributed by atoms with Gasteiger partial charge in [0.2, 0.25) is 5.95 Å². The second kappa shape index (κ2) is 7.99. The summed E-state index contributed by atoms with van der Waals surface area (Å²) in [5.41, 5.74) is 6.63. The van der Waals surface area contributed by atoms with Gasteiger partial charge in [-0.25, -0.2) is 9.97 Å². The zero-order valence-electron chi connectivity index (χ0n) is 16.1. The summed E-state index contributed by atoms with van der Waals surface area (Å²) in [7, 11) is 0. The number of benzene rings is 2. The zero-order chi connectivity index (χ0) is 19.4. The van der Waals surface area contributed by atoms with E-state index >= 15 is 0 Å². The topological polar surface area (TPSA) is 66.9 Å². The Morgan fingerprint density at radius 2 is 1.63 bits per heavy atom. The summed E-state index contributed by atoms with van der Waals surface area (Å²) in [5, 5.41) is 6.10. The molecule has 0 saturated heterocycles. The van der Waals surface area contributed by atoms with Crippen molar-refractivity contribution < 1.29 is 4.79 Å². The van der Waals surface area contributed by atoms with Gasteiger partial charge in [0, 0.05) is 17.9 Å². The molecule has 5 heteroatoms. The molecule has 5 nitrogen and oxygen atoms in total. The molecule has 0 aliphatic rings. The number of aromatic nitrogens is 2. The van der Waals surface area contributed by atoms with Gasteiger partial charge in [0.25, 0.3) is 5.91 Å². The van der Waals surface area contributed by atoms with Crippen molar-refractivity contribution in [2.75, 3.05) is 5.32 Å². The monoisotopic (exact) mass is 360 g/mol. The van der Waals surface area contributed by atoms with E-state index in [1.807, 2.05) is 56.3 Å². The first-order chi connectivity index (χ1) is 12.9. The molecule has 1 heterocycles. The van der Waals surface area contributed by atoms with E-state index in [4.69, 9.17) is 0 Å². The maximum Gasteiger partial charge on any atom is 0.270 e. The first kappa shape index (κ1) is 18.6. The molecule has 0 atom stereocenters. The number of carbonyl (C=O) groups is 1. The number of rotatable bonds is 5. The van der Waals surface area contributed by atoms with Gasteiger partial charge in [-0.1, -0.05) is 35.9 Å². The van der Waals surface area contributed by atoms with Crippen LogP contribution in [0.25, 0.3) is 0 Å². The van der Waals surface area contributed by atoms with E-state index in [1.54, 1.807) is 6.07 Å². The number of anilines is 2. The van der Waals surface area contributed by atoms with Crippen molar-refractivity contribution in [3.63, 3.8) is 0 Å². The van der Waals surface area contributed by atoms with E-state index in [-0.39, 0.29) is 5.91 Å². The highest BCUT2D eigenvalue weighted by molar-refractivity contribution is 5.92. The molecule has 3 rings (SSSR count). The molecule has 0 saturated carbocycles. The predicted molar refractivity (Wildman–Crippen MR) is 108 cm³/mol. The first-order valence-electron chi connectivity index (χ1n) is 8.94. The minimum atomic E-state index is -0.218. The van der Waals surface area contributed by atoms with E-state index < -0.39 is 0 Å². The van der Waals surface area contributed by atoms with Crippen LogP contribution in [0.2, 0.25) is 0 Å². The number of nitrogens with one attached hydrogen (secondary N) is 2. The van der Waals surface area contributed by atoms with E-state index in [9.17, 15) is 4.79 Å². The standard InChI is InChI=1S/C22H24N4O/c1-14-5-8-18(9-6-14)13-23-21(27)20-12-17(4)24-22(26-20)25-19-10-7-15(2)16(3)11-19/h5-12H,13H2,1-4H3,(H,23,27)(H,24,25,26). The molecule has 2 N–H and O–H groups in total. The van der Waals surface area contributed by atoms with Crippen LogP contribution in [0.4, 0.5) is 11.6 Å². The number of aryl methyl sites for hydroxylation is 4. The number of nitrogens with zero attached hydrogens (tertiary/aromatic N) is 2. The van der Waals surface area contributed by atoms with E-state index in [1.165, 1.54) is 16.7 Å². The third-order valence-electron chi connectivity index (χ3n) is 4.42. The van der Waals surface area contributed by atoms with Gasteiger partial charge in [0.15, 0.2) is 0 Å². The second-order valence-corrected chi connectivity index (χ2v) is 6.81. The van der Waals surface area contributed by atoms with Gasteiger partial charge < -0.3 is 10.6 Å². The molecule has 2 aromatic carbocycles. The SMILES string of the molecule is Cc1ccc(CNC(=O)c2cc(C)nc(Nc3ccc(C)c(C)c3)n2)cc1. The average Bonchev–Trinajstić information content (AvgIpc) is 2.63. The Morgan fingerprint density at radius 3 is 2.33 bits per heavy atom. The number of hydrogen-bond acceptors (Lipinski definition) is 4. The minimum absolute atomic E-state index is 0.218. The van der Waals surface area contributed by atoms with Crippen LogP contribution in [0.15, 0.2) is 48.5 Å². The molecule has 3 aromatic rings. The Morgan fingerprint density at radius 1 is 0.889 bits per heavy atom. The average molecular weight is 360 g/mol. The third-order valence-corrected chi connectivity index (χ3v) is 4.42. The van der Waals surface area contributed by atoms with Crippen LogP contribution in [-0.2, 0) is 6.54 Å². The number of amides is 1. The highest BCUT2D eigenvalue weighted by atomic mass is 16.1. The smallest absolute Gasteiger partial charge is 0.270 e. The molecule has 0 spiro atoms. The van der Waals surface area contributed by atoms with Gasteiger partial charge in [-0.2, -0.15) is 0 Å². The highest BCUT2D eigenvalue weighted by Gasteiger charge is 2.11. The highest BCUT2D eigenvalue weighted by Crippen LogP contribution is 2.18. The van der Waals surface area contributed by atoms with Crippen molar-refractivity contribution >= 4 is 17.5 Å². The summed E-state index contributed by atoms with van der Waals surface area (Å²) in [6.07, 6.45) is 0. The molecule has 1 amide bonds. The Bertz CT molecular complexity index is 965. The summed E-state index contributed by atoms with van der Waals surface area (Å²) >= 11 is 0. The van der Waals surface area contributed by atoms with Crippen LogP contribution in [0.5, 0.6) is 0 Å². The summed E-state index contributed by atoms with van der Waals surface area (Å²) in [6.45, 7) is 8.47. The summed E-state index contributed by atoms with van der Waals surface area (Å²) in [4.78, 5) is 21.3. The van der Waals surface area contributed by atoms with Crippen LogP contribution >= 0.6 is 0 Å². The summed E-state index contributed by atoms with van der Waals surface area (Å²) < 4.78 is 0. The summed E-state index contributed by atoms with van der Waals surface area (Å²) in [6, 6.07) is 15.8. The Hall–Kier alpha value is -3.21. The maximum absolute atomic E-state index is 12.5. The molecule has 0 radical (unpaired) electrons. The molecule has 0 aliphatic carbocycles. The molecule has 0 aliphatic heterocycles. The molecule has 1 aromatic heterocycles. The van der Waals surface area contributed by atoms with Gasteiger partial charge in [-0.15, -0.1) is 0 Å². The van der Waals surface area contributed by atoms with E-state index in [2.05, 4.69) is 34.4 Å². The lowest BCUT2D eigenvalue weighted by atomic mass is 10.1. The number of hydrogen-bond donors (Lipinski definition) is 2. The Labute approximate surface area is 159 Å². The predicted octanol–water partition coefficient (Wildman–Crippen LogP) is 4.38. The van der Waals surface area contributed by atoms with Crippen molar-refractivity contribution in [3.8, 4) is 0 Å². The normalized spacial score (nSPS) is 10.5. The fraction of sp³-hybridized carbons (Fsp3) is 0.227. The van der Waals surface area contributed by atoms with Crippen molar-refractivity contribution in [1.29, 1.82) is 0 Å². The van der Waals surface area contributed by atoms with Crippen LogP contribution in [-0.4, -0.2) is 15.9 Å². The molecule has 27 heavy (non-hydrogen) atoms. The van der Waals surface area contributed by atoms with E-state index in [0.717, 1.165) is 16.9 Å².